The van der Waals surface area contributed by atoms with Crippen molar-refractivity contribution in [2.24, 2.45) is 5.41 Å². The molecule has 2 heterocycles. The summed E-state index contributed by atoms with van der Waals surface area (Å²) in [5.74, 6) is 0.153. The van der Waals surface area contributed by atoms with Crippen LogP contribution in [0.4, 0.5) is 0 Å². The van der Waals surface area contributed by atoms with Gasteiger partial charge >= 0.3 is 0 Å². The summed E-state index contributed by atoms with van der Waals surface area (Å²) in [5, 5.41) is 7.66. The van der Waals surface area contributed by atoms with Crippen LogP contribution in [-0.2, 0) is 16.1 Å². The van der Waals surface area contributed by atoms with E-state index in [0.29, 0.717) is 18.1 Å². The first-order valence-electron chi connectivity index (χ1n) is 8.34. The number of nitrogens with one attached hydrogen (secondary N) is 1. The highest BCUT2D eigenvalue weighted by Crippen LogP contribution is 2.56. The first kappa shape index (κ1) is 18.7. The predicted octanol–water partition coefficient (Wildman–Crippen LogP) is 3.07. The Morgan fingerprint density at radius 3 is 2.91 bits per heavy atom. The molecule has 1 atom stereocenters. The quantitative estimate of drug-likeness (QED) is 0.761. The minimum absolute atomic E-state index is 0. The highest BCUT2D eigenvalue weighted by Gasteiger charge is 2.57. The van der Waals surface area contributed by atoms with Gasteiger partial charge in [-0.3, -0.25) is 4.79 Å². The molecule has 1 spiro atoms. The van der Waals surface area contributed by atoms with Gasteiger partial charge in [-0.05, 0) is 66.6 Å². The molecular formula is C17H27ClN2O2S. The zero-order chi connectivity index (χ0) is 15.4. The number of hydrogen-bond acceptors (Lipinski definition) is 4. The second kappa shape index (κ2) is 8.47. The van der Waals surface area contributed by atoms with Gasteiger partial charge in [-0.15, -0.1) is 12.4 Å². The molecule has 0 radical (unpaired) electrons. The number of carbonyl (C=O) groups excluding carboxylic acids is 1. The van der Waals surface area contributed by atoms with Crippen molar-refractivity contribution in [1.29, 1.82) is 0 Å². The number of thiophene rings is 1. The third-order valence-electron chi connectivity index (χ3n) is 4.95. The fourth-order valence-electron chi connectivity index (χ4n) is 3.57. The number of rotatable bonds is 7. The molecule has 0 aromatic carbocycles. The van der Waals surface area contributed by atoms with Gasteiger partial charge in [0, 0.05) is 19.2 Å². The Kier molecular flexibility index (Phi) is 6.89. The molecule has 1 aliphatic heterocycles. The molecule has 2 aliphatic rings. The molecule has 23 heavy (non-hydrogen) atoms. The lowest BCUT2D eigenvalue weighted by Crippen LogP contribution is -2.40. The smallest absolute Gasteiger partial charge is 0.249 e. The number of piperidine rings is 1. The molecule has 0 bridgehead atoms. The highest BCUT2D eigenvalue weighted by molar-refractivity contribution is 7.07. The summed E-state index contributed by atoms with van der Waals surface area (Å²) in [5.41, 5.74) is 1.62. The Hall–Kier alpha value is -0.620. The van der Waals surface area contributed by atoms with Crippen molar-refractivity contribution in [3.05, 3.63) is 22.4 Å². The number of amides is 1. The molecule has 1 aromatic heterocycles. The summed E-state index contributed by atoms with van der Waals surface area (Å²) < 4.78 is 5.50. The molecule has 1 saturated carbocycles. The SMILES string of the molecule is CCCOCC(=O)N(Cc1ccsc1)C1CC12CCNCC2.Cl. The van der Waals surface area contributed by atoms with E-state index in [0.717, 1.165) is 26.1 Å². The minimum atomic E-state index is 0. The van der Waals surface area contributed by atoms with E-state index in [1.807, 2.05) is 0 Å². The maximum absolute atomic E-state index is 12.6. The van der Waals surface area contributed by atoms with Gasteiger partial charge in [0.05, 0.1) is 0 Å². The Morgan fingerprint density at radius 1 is 1.48 bits per heavy atom. The van der Waals surface area contributed by atoms with E-state index in [2.05, 4.69) is 34.0 Å². The zero-order valence-corrected chi connectivity index (χ0v) is 15.4. The first-order valence-corrected chi connectivity index (χ1v) is 9.28. The van der Waals surface area contributed by atoms with E-state index in [4.69, 9.17) is 4.74 Å². The number of carbonyl (C=O) groups is 1. The van der Waals surface area contributed by atoms with Crippen LogP contribution in [0, 0.1) is 5.41 Å². The van der Waals surface area contributed by atoms with Crippen molar-refractivity contribution in [3.63, 3.8) is 0 Å². The van der Waals surface area contributed by atoms with E-state index in [9.17, 15) is 4.79 Å². The summed E-state index contributed by atoms with van der Waals surface area (Å²) in [4.78, 5) is 14.7. The summed E-state index contributed by atoms with van der Waals surface area (Å²) in [7, 11) is 0. The Morgan fingerprint density at radius 2 is 2.26 bits per heavy atom. The number of hydrogen-bond donors (Lipinski definition) is 1. The van der Waals surface area contributed by atoms with Crippen LogP contribution < -0.4 is 5.32 Å². The second-order valence-corrected chi connectivity index (χ2v) is 7.32. The molecule has 4 nitrogen and oxygen atoms in total. The largest absolute Gasteiger partial charge is 0.372 e. The van der Waals surface area contributed by atoms with Crippen molar-refractivity contribution in [2.45, 2.75) is 45.2 Å². The summed E-state index contributed by atoms with van der Waals surface area (Å²) >= 11 is 1.69. The van der Waals surface area contributed by atoms with Crippen LogP contribution in [0.25, 0.3) is 0 Å². The molecule has 6 heteroatoms. The van der Waals surface area contributed by atoms with Crippen LogP contribution in [0.15, 0.2) is 16.8 Å². The highest BCUT2D eigenvalue weighted by atomic mass is 35.5. The van der Waals surface area contributed by atoms with Crippen molar-refractivity contribution >= 4 is 29.7 Å². The fraction of sp³-hybridized carbons (Fsp3) is 0.706. The van der Waals surface area contributed by atoms with Crippen molar-refractivity contribution in [2.75, 3.05) is 26.3 Å². The lowest BCUT2D eigenvalue weighted by molar-refractivity contribution is -0.138. The molecule has 1 N–H and O–H groups in total. The molecule has 1 aromatic rings. The van der Waals surface area contributed by atoms with Crippen LogP contribution in [0.5, 0.6) is 0 Å². The number of halogens is 1. The standard InChI is InChI=1S/C17H26N2O2S.ClH/c1-2-8-21-12-16(20)19(11-14-3-9-22-13-14)15-10-17(15)4-6-18-7-5-17;/h3,9,13,15,18H,2,4-8,10-12H2,1H3;1H. The van der Waals surface area contributed by atoms with Gasteiger partial charge in [-0.2, -0.15) is 11.3 Å². The lowest BCUT2D eigenvalue weighted by atomic mass is 9.93. The Labute approximate surface area is 149 Å². The Bertz CT molecular complexity index is 489. The van der Waals surface area contributed by atoms with E-state index >= 15 is 0 Å². The minimum Gasteiger partial charge on any atom is -0.372 e. The maximum atomic E-state index is 12.6. The van der Waals surface area contributed by atoms with Crippen LogP contribution in [0.3, 0.4) is 0 Å². The third-order valence-corrected chi connectivity index (χ3v) is 5.68. The van der Waals surface area contributed by atoms with E-state index < -0.39 is 0 Å². The van der Waals surface area contributed by atoms with Crippen LogP contribution in [0.2, 0.25) is 0 Å². The lowest BCUT2D eigenvalue weighted by Gasteiger charge is -2.29. The fourth-order valence-corrected chi connectivity index (χ4v) is 4.23. The molecule has 1 aliphatic carbocycles. The van der Waals surface area contributed by atoms with E-state index in [-0.39, 0.29) is 24.9 Å². The third kappa shape index (κ3) is 4.47. The zero-order valence-electron chi connectivity index (χ0n) is 13.8. The maximum Gasteiger partial charge on any atom is 0.249 e. The summed E-state index contributed by atoms with van der Waals surface area (Å²) in [6.45, 7) is 5.86. The molecule has 1 amide bonds. The van der Waals surface area contributed by atoms with Gasteiger partial charge in [-0.25, -0.2) is 0 Å². The average Bonchev–Trinajstić information content (AvgIpc) is 2.98. The van der Waals surface area contributed by atoms with Crippen LogP contribution in [0.1, 0.15) is 38.2 Å². The van der Waals surface area contributed by atoms with Crippen LogP contribution in [-0.4, -0.2) is 43.2 Å². The normalized spacial score (nSPS) is 21.7. The van der Waals surface area contributed by atoms with Gasteiger partial charge < -0.3 is 15.0 Å². The monoisotopic (exact) mass is 358 g/mol. The van der Waals surface area contributed by atoms with Gasteiger partial charge in [-0.1, -0.05) is 6.92 Å². The molecule has 130 valence electrons. The van der Waals surface area contributed by atoms with E-state index in [1.165, 1.54) is 24.8 Å². The summed E-state index contributed by atoms with van der Waals surface area (Å²) in [6.07, 6.45) is 4.51. The van der Waals surface area contributed by atoms with Gasteiger partial charge in [0.15, 0.2) is 0 Å². The van der Waals surface area contributed by atoms with Crippen molar-refractivity contribution in [3.8, 4) is 0 Å². The molecule has 2 fully saturated rings. The summed E-state index contributed by atoms with van der Waals surface area (Å²) in [6, 6.07) is 2.53. The predicted molar refractivity (Wildman–Crippen MR) is 96.2 cm³/mol. The molecule has 1 saturated heterocycles. The first-order chi connectivity index (χ1) is 10.7. The van der Waals surface area contributed by atoms with Crippen LogP contribution >= 0.6 is 23.7 Å². The topological polar surface area (TPSA) is 41.6 Å². The van der Waals surface area contributed by atoms with Crippen molar-refractivity contribution < 1.29 is 9.53 Å². The molecular weight excluding hydrogens is 332 g/mol. The Balaban J connectivity index is 0.00000192. The molecule has 1 unspecified atom stereocenters. The van der Waals surface area contributed by atoms with Gasteiger partial charge in [0.25, 0.3) is 0 Å². The molecule has 3 rings (SSSR count). The van der Waals surface area contributed by atoms with Gasteiger partial charge in [0.2, 0.25) is 5.91 Å². The number of nitrogens with zero attached hydrogens (tertiary/aromatic N) is 1. The van der Waals surface area contributed by atoms with E-state index in [1.54, 1.807) is 11.3 Å². The van der Waals surface area contributed by atoms with Crippen molar-refractivity contribution in [1.82, 2.24) is 10.2 Å². The number of ether oxygens (including phenoxy) is 1. The van der Waals surface area contributed by atoms with Gasteiger partial charge in [0.1, 0.15) is 6.61 Å². The second-order valence-electron chi connectivity index (χ2n) is 6.54. The average molecular weight is 359 g/mol.